The summed E-state index contributed by atoms with van der Waals surface area (Å²) >= 11 is 0. The molecule has 12 heteroatoms. The Kier molecular flexibility index (Phi) is 10.0. The monoisotopic (exact) mass is 414 g/mol. The number of nitrogens with zero attached hydrogens (tertiary/aromatic N) is 1. The Morgan fingerprint density at radius 1 is 1.17 bits per heavy atom. The maximum atomic E-state index is 12.8. The van der Waals surface area contributed by atoms with E-state index < -0.39 is 54.3 Å². The molecule has 1 aliphatic heterocycles. The Morgan fingerprint density at radius 3 is 2.45 bits per heavy atom. The number of hydrogen-bond acceptors (Lipinski definition) is 7. The number of likely N-dealkylation sites (tertiary alicyclic amines) is 1. The molecule has 0 aromatic rings. The van der Waals surface area contributed by atoms with E-state index in [-0.39, 0.29) is 6.42 Å². The van der Waals surface area contributed by atoms with Gasteiger partial charge in [0.1, 0.15) is 12.1 Å². The van der Waals surface area contributed by atoms with Gasteiger partial charge in [0.15, 0.2) is 0 Å². The van der Waals surface area contributed by atoms with Crippen LogP contribution in [0.4, 0.5) is 0 Å². The van der Waals surface area contributed by atoms with Crippen molar-refractivity contribution in [2.24, 2.45) is 17.2 Å². The quantitative estimate of drug-likeness (QED) is 0.181. The molecule has 0 aliphatic carbocycles. The van der Waals surface area contributed by atoms with Gasteiger partial charge in [-0.05, 0) is 38.6 Å². The first-order chi connectivity index (χ1) is 13.7. The van der Waals surface area contributed by atoms with Crippen LogP contribution in [-0.2, 0) is 24.0 Å². The van der Waals surface area contributed by atoms with Crippen molar-refractivity contribution in [3.8, 4) is 0 Å². The van der Waals surface area contributed by atoms with Gasteiger partial charge in [0, 0.05) is 6.54 Å². The Bertz CT molecular complexity index is 628. The average molecular weight is 414 g/mol. The summed E-state index contributed by atoms with van der Waals surface area (Å²) < 4.78 is 0. The molecule has 164 valence electrons. The lowest BCUT2D eigenvalue weighted by Gasteiger charge is -2.27. The minimum Gasteiger partial charge on any atom is -0.480 e. The van der Waals surface area contributed by atoms with Gasteiger partial charge in [0.25, 0.3) is 0 Å². The third-order valence-corrected chi connectivity index (χ3v) is 4.58. The van der Waals surface area contributed by atoms with E-state index in [0.29, 0.717) is 45.2 Å². The van der Waals surface area contributed by atoms with Crippen LogP contribution in [0.25, 0.3) is 0 Å². The Morgan fingerprint density at radius 2 is 1.86 bits per heavy atom. The highest BCUT2D eigenvalue weighted by molar-refractivity contribution is 5.93. The predicted octanol–water partition coefficient (Wildman–Crippen LogP) is -3.01. The topological polar surface area (TPSA) is 211 Å². The lowest BCUT2D eigenvalue weighted by atomic mass is 10.1. The van der Waals surface area contributed by atoms with Gasteiger partial charge < -0.3 is 37.8 Å². The molecule has 1 fully saturated rings. The number of unbranched alkanes of at least 4 members (excludes halogenated alkanes) is 1. The van der Waals surface area contributed by atoms with Crippen molar-refractivity contribution in [1.29, 1.82) is 0 Å². The minimum atomic E-state index is -1.18. The second-order valence-corrected chi connectivity index (χ2v) is 6.93. The van der Waals surface area contributed by atoms with Gasteiger partial charge in [-0.3, -0.25) is 19.2 Å². The van der Waals surface area contributed by atoms with E-state index in [9.17, 15) is 29.1 Å². The zero-order valence-corrected chi connectivity index (χ0v) is 16.3. The summed E-state index contributed by atoms with van der Waals surface area (Å²) in [6.45, 7) is 0.274. The van der Waals surface area contributed by atoms with Crippen LogP contribution >= 0.6 is 0 Å². The fourth-order valence-corrected chi connectivity index (χ4v) is 3.09. The highest BCUT2D eigenvalue weighted by atomic mass is 16.4. The maximum absolute atomic E-state index is 12.8. The molecule has 12 nitrogen and oxygen atoms in total. The lowest BCUT2D eigenvalue weighted by molar-refractivity contribution is -0.149. The molecule has 4 amide bonds. The van der Waals surface area contributed by atoms with Gasteiger partial charge in [-0.15, -0.1) is 0 Å². The number of primary amides is 1. The van der Waals surface area contributed by atoms with Crippen LogP contribution in [0.2, 0.25) is 0 Å². The summed E-state index contributed by atoms with van der Waals surface area (Å²) in [5.74, 6) is -3.67. The SMILES string of the molecule is NCCCCC(NC(=O)CNC(=O)C(N)CC(N)=O)C(=O)N1CCCC1C(=O)O. The van der Waals surface area contributed by atoms with Crippen molar-refractivity contribution in [3.63, 3.8) is 0 Å². The molecule has 0 aromatic heterocycles. The summed E-state index contributed by atoms with van der Waals surface area (Å²) in [4.78, 5) is 60.2. The van der Waals surface area contributed by atoms with Gasteiger partial charge in [0.2, 0.25) is 23.6 Å². The maximum Gasteiger partial charge on any atom is 0.326 e. The van der Waals surface area contributed by atoms with Crippen molar-refractivity contribution in [1.82, 2.24) is 15.5 Å². The number of carbonyl (C=O) groups is 5. The summed E-state index contributed by atoms with van der Waals surface area (Å²) in [5, 5.41) is 14.1. The summed E-state index contributed by atoms with van der Waals surface area (Å²) in [6, 6.07) is -3.02. The summed E-state index contributed by atoms with van der Waals surface area (Å²) in [7, 11) is 0. The Hall–Kier alpha value is -2.73. The predicted molar refractivity (Wildman–Crippen MR) is 102 cm³/mol. The van der Waals surface area contributed by atoms with E-state index in [0.717, 1.165) is 0 Å². The number of hydrogen-bond donors (Lipinski definition) is 6. The first-order valence-electron chi connectivity index (χ1n) is 9.51. The molecule has 1 saturated heterocycles. The molecule has 0 saturated carbocycles. The average Bonchev–Trinajstić information content (AvgIpc) is 3.14. The highest BCUT2D eigenvalue weighted by Gasteiger charge is 2.37. The number of amides is 4. The van der Waals surface area contributed by atoms with Crippen LogP contribution in [0.3, 0.4) is 0 Å². The van der Waals surface area contributed by atoms with Crippen molar-refractivity contribution < 1.29 is 29.1 Å². The zero-order chi connectivity index (χ0) is 22.0. The molecule has 1 rings (SSSR count). The molecule has 0 radical (unpaired) electrons. The molecule has 3 atom stereocenters. The number of rotatable bonds is 12. The molecular formula is C17H30N6O6. The molecular weight excluding hydrogens is 384 g/mol. The second kappa shape index (κ2) is 12.0. The van der Waals surface area contributed by atoms with Gasteiger partial charge >= 0.3 is 5.97 Å². The normalized spacial score (nSPS) is 18.0. The number of carbonyl (C=O) groups excluding carboxylic acids is 4. The van der Waals surface area contributed by atoms with Crippen LogP contribution in [0.5, 0.6) is 0 Å². The van der Waals surface area contributed by atoms with Crippen molar-refractivity contribution >= 4 is 29.6 Å². The van der Waals surface area contributed by atoms with Crippen molar-refractivity contribution in [2.75, 3.05) is 19.6 Å². The van der Waals surface area contributed by atoms with Gasteiger partial charge in [-0.2, -0.15) is 0 Å². The van der Waals surface area contributed by atoms with Crippen LogP contribution in [0, 0.1) is 0 Å². The number of nitrogens with one attached hydrogen (secondary N) is 2. The molecule has 1 aliphatic rings. The van der Waals surface area contributed by atoms with E-state index in [2.05, 4.69) is 10.6 Å². The number of carboxylic acids is 1. The Balaban J connectivity index is 2.68. The second-order valence-electron chi connectivity index (χ2n) is 6.93. The molecule has 0 spiro atoms. The third kappa shape index (κ3) is 8.03. The fourth-order valence-electron chi connectivity index (χ4n) is 3.09. The van der Waals surface area contributed by atoms with E-state index in [1.165, 1.54) is 4.90 Å². The third-order valence-electron chi connectivity index (χ3n) is 4.58. The fraction of sp³-hybridized carbons (Fsp3) is 0.706. The molecule has 9 N–H and O–H groups in total. The zero-order valence-electron chi connectivity index (χ0n) is 16.3. The van der Waals surface area contributed by atoms with Crippen LogP contribution in [0.1, 0.15) is 38.5 Å². The van der Waals surface area contributed by atoms with Crippen LogP contribution in [-0.4, -0.2) is 77.4 Å². The largest absolute Gasteiger partial charge is 0.480 e. The summed E-state index contributed by atoms with van der Waals surface area (Å²) in [6.07, 6.45) is 2.06. The van der Waals surface area contributed by atoms with E-state index in [1.807, 2.05) is 0 Å². The molecule has 1 heterocycles. The first kappa shape index (κ1) is 24.3. The minimum absolute atomic E-state index is 0.291. The van der Waals surface area contributed by atoms with Crippen LogP contribution in [0.15, 0.2) is 0 Å². The molecule has 29 heavy (non-hydrogen) atoms. The van der Waals surface area contributed by atoms with Gasteiger partial charge in [0.05, 0.1) is 19.0 Å². The standard InChI is InChI=1S/C17H30N6O6/c18-6-2-1-4-11(16(27)23-7-3-5-12(23)17(28)29)22-14(25)9-21-15(26)10(19)8-13(20)24/h10-12H,1-9,18-19H2,(H2,20,24)(H,21,26)(H,22,25)(H,28,29). The number of carboxylic acid groups (broad SMARTS) is 1. The lowest BCUT2D eigenvalue weighted by Crippen LogP contribution is -2.54. The smallest absolute Gasteiger partial charge is 0.326 e. The molecule has 0 aromatic carbocycles. The first-order valence-corrected chi connectivity index (χ1v) is 9.51. The van der Waals surface area contributed by atoms with Crippen molar-refractivity contribution in [2.45, 2.75) is 56.7 Å². The van der Waals surface area contributed by atoms with E-state index >= 15 is 0 Å². The molecule has 3 unspecified atom stereocenters. The highest BCUT2D eigenvalue weighted by Crippen LogP contribution is 2.19. The van der Waals surface area contributed by atoms with E-state index in [1.54, 1.807) is 0 Å². The summed E-state index contributed by atoms with van der Waals surface area (Å²) in [5.41, 5.74) is 15.9. The van der Waals surface area contributed by atoms with Gasteiger partial charge in [-0.1, -0.05) is 0 Å². The van der Waals surface area contributed by atoms with Crippen LogP contribution < -0.4 is 27.8 Å². The number of nitrogens with two attached hydrogens (primary N) is 3. The van der Waals surface area contributed by atoms with Crippen molar-refractivity contribution in [3.05, 3.63) is 0 Å². The van der Waals surface area contributed by atoms with Gasteiger partial charge in [-0.25, -0.2) is 4.79 Å². The molecule has 0 bridgehead atoms. The van der Waals surface area contributed by atoms with E-state index in [4.69, 9.17) is 17.2 Å². The Labute approximate surface area is 168 Å². The number of aliphatic carboxylic acids is 1.